The van der Waals surface area contributed by atoms with Gasteiger partial charge in [0.15, 0.2) is 0 Å². The lowest BCUT2D eigenvalue weighted by atomic mass is 9.95. The summed E-state index contributed by atoms with van der Waals surface area (Å²) in [6, 6.07) is 11.3. The largest absolute Gasteiger partial charge is 0.352 e. The number of nitrogens with zero attached hydrogens (tertiary/aromatic N) is 2. The van der Waals surface area contributed by atoms with E-state index < -0.39 is 28.5 Å². The molecular weight excluding hydrogens is 533 g/mol. The normalized spacial score (nSPS) is 15.2. The molecule has 0 unspecified atom stereocenters. The molecule has 0 spiro atoms. The number of halogens is 2. The highest BCUT2D eigenvalue weighted by Crippen LogP contribution is 2.27. The molecule has 37 heavy (non-hydrogen) atoms. The minimum atomic E-state index is -3.83. The Hall–Kier alpha value is -2.29. The first-order valence-corrected chi connectivity index (χ1v) is 15.2. The molecule has 2 amide bonds. The van der Waals surface area contributed by atoms with E-state index in [-0.39, 0.29) is 18.5 Å². The van der Waals surface area contributed by atoms with Crippen LogP contribution in [0.4, 0.5) is 5.69 Å². The van der Waals surface area contributed by atoms with Gasteiger partial charge in [0.05, 0.1) is 11.9 Å². The molecular formula is C27H35Cl2N3O4S. The quantitative estimate of drug-likeness (QED) is 0.420. The van der Waals surface area contributed by atoms with Gasteiger partial charge in [-0.3, -0.25) is 13.9 Å². The van der Waals surface area contributed by atoms with Crippen LogP contribution in [0.5, 0.6) is 0 Å². The van der Waals surface area contributed by atoms with Crippen LogP contribution in [-0.4, -0.2) is 50.0 Å². The van der Waals surface area contributed by atoms with E-state index in [2.05, 4.69) is 5.32 Å². The van der Waals surface area contributed by atoms with E-state index in [9.17, 15) is 18.0 Å². The average Bonchev–Trinajstić information content (AvgIpc) is 2.85. The minimum Gasteiger partial charge on any atom is -0.352 e. The molecule has 0 saturated heterocycles. The third kappa shape index (κ3) is 8.09. The van der Waals surface area contributed by atoms with Crippen LogP contribution in [0, 0.1) is 6.92 Å². The summed E-state index contributed by atoms with van der Waals surface area (Å²) in [6.07, 6.45) is 6.57. The number of hydrogen-bond acceptors (Lipinski definition) is 4. The smallest absolute Gasteiger partial charge is 0.244 e. The highest BCUT2D eigenvalue weighted by atomic mass is 35.5. The Labute approximate surface area is 230 Å². The topological polar surface area (TPSA) is 86.8 Å². The molecule has 2 aromatic rings. The summed E-state index contributed by atoms with van der Waals surface area (Å²) in [5.41, 5.74) is 1.77. The van der Waals surface area contributed by atoms with Crippen LogP contribution in [-0.2, 0) is 26.2 Å². The van der Waals surface area contributed by atoms with Gasteiger partial charge in [-0.1, -0.05) is 67.6 Å². The molecule has 1 fully saturated rings. The number of nitrogens with one attached hydrogen (secondary N) is 1. The number of anilines is 1. The van der Waals surface area contributed by atoms with E-state index in [0.717, 1.165) is 48.2 Å². The van der Waals surface area contributed by atoms with Gasteiger partial charge >= 0.3 is 0 Å². The molecule has 1 aliphatic carbocycles. The number of carbonyl (C=O) groups excluding carboxylic acids is 2. The van der Waals surface area contributed by atoms with Gasteiger partial charge in [-0.25, -0.2) is 8.42 Å². The molecule has 0 radical (unpaired) electrons. The average molecular weight is 569 g/mol. The second-order valence-electron chi connectivity index (χ2n) is 9.62. The first-order chi connectivity index (χ1) is 17.5. The van der Waals surface area contributed by atoms with Crippen molar-refractivity contribution in [3.05, 3.63) is 63.6 Å². The predicted molar refractivity (Wildman–Crippen MR) is 149 cm³/mol. The molecule has 3 rings (SSSR count). The Bertz CT molecular complexity index is 1200. The monoisotopic (exact) mass is 567 g/mol. The fourth-order valence-electron chi connectivity index (χ4n) is 4.70. The van der Waals surface area contributed by atoms with Crippen molar-refractivity contribution in [3.8, 4) is 0 Å². The molecule has 1 saturated carbocycles. The highest BCUT2D eigenvalue weighted by molar-refractivity contribution is 7.92. The van der Waals surface area contributed by atoms with Crippen molar-refractivity contribution in [2.24, 2.45) is 0 Å². The van der Waals surface area contributed by atoms with E-state index in [1.54, 1.807) is 43.3 Å². The minimum absolute atomic E-state index is 0.0874. The van der Waals surface area contributed by atoms with Crippen LogP contribution in [0.25, 0.3) is 0 Å². The Morgan fingerprint density at radius 2 is 1.65 bits per heavy atom. The third-order valence-corrected chi connectivity index (χ3v) is 8.34. The molecule has 0 aromatic heterocycles. The van der Waals surface area contributed by atoms with E-state index in [1.807, 2.05) is 6.92 Å². The van der Waals surface area contributed by atoms with Crippen molar-refractivity contribution in [1.82, 2.24) is 10.2 Å². The standard InChI is InChI=1S/C27H35Cl2N3O4S/c1-4-24(27(34)30-23-8-6-5-7-9-23)31(17-20-11-14-21(28)15-12-20)26(33)18-32(37(3,35)36)25-16-22(29)13-10-19(25)2/h10-16,23-24H,4-9,17-18H2,1-3H3,(H,30,34)/t24-/m1/s1. The lowest BCUT2D eigenvalue weighted by Gasteiger charge is -2.34. The molecule has 1 N–H and O–H groups in total. The van der Waals surface area contributed by atoms with Crippen LogP contribution in [0.3, 0.4) is 0 Å². The van der Waals surface area contributed by atoms with Gasteiger partial charge in [-0.2, -0.15) is 0 Å². The fourth-order valence-corrected chi connectivity index (χ4v) is 5.89. The van der Waals surface area contributed by atoms with Gasteiger partial charge in [-0.15, -0.1) is 0 Å². The van der Waals surface area contributed by atoms with Crippen LogP contribution in [0.1, 0.15) is 56.6 Å². The number of hydrogen-bond donors (Lipinski definition) is 1. The van der Waals surface area contributed by atoms with Crippen molar-refractivity contribution in [1.29, 1.82) is 0 Å². The lowest BCUT2D eigenvalue weighted by molar-refractivity contribution is -0.140. The van der Waals surface area contributed by atoms with E-state index in [0.29, 0.717) is 27.7 Å². The zero-order chi connectivity index (χ0) is 27.2. The van der Waals surface area contributed by atoms with Gasteiger partial charge in [-0.05, 0) is 61.6 Å². The van der Waals surface area contributed by atoms with Crippen molar-refractivity contribution < 1.29 is 18.0 Å². The van der Waals surface area contributed by atoms with Crippen LogP contribution >= 0.6 is 23.2 Å². The summed E-state index contributed by atoms with van der Waals surface area (Å²) in [5, 5.41) is 4.05. The van der Waals surface area contributed by atoms with E-state index in [1.165, 1.54) is 11.0 Å². The van der Waals surface area contributed by atoms with Gasteiger partial charge in [0.1, 0.15) is 12.6 Å². The molecule has 2 aromatic carbocycles. The summed E-state index contributed by atoms with van der Waals surface area (Å²) in [7, 11) is -3.83. The fraction of sp³-hybridized carbons (Fsp3) is 0.481. The first kappa shape index (κ1) is 29.3. The maximum Gasteiger partial charge on any atom is 0.244 e. The third-order valence-electron chi connectivity index (χ3n) is 6.72. The predicted octanol–water partition coefficient (Wildman–Crippen LogP) is 5.32. The summed E-state index contributed by atoms with van der Waals surface area (Å²) in [5.74, 6) is -0.702. The molecule has 202 valence electrons. The molecule has 0 bridgehead atoms. The zero-order valence-electron chi connectivity index (χ0n) is 21.5. The van der Waals surface area contributed by atoms with Gasteiger partial charge in [0.25, 0.3) is 0 Å². The molecule has 1 atom stereocenters. The maximum absolute atomic E-state index is 13.8. The second-order valence-corrected chi connectivity index (χ2v) is 12.4. The summed E-state index contributed by atoms with van der Waals surface area (Å²) in [6.45, 7) is 3.29. The van der Waals surface area contributed by atoms with E-state index in [4.69, 9.17) is 23.2 Å². The SMILES string of the molecule is CC[C@H](C(=O)NC1CCCCC1)N(Cc1ccc(Cl)cc1)C(=O)CN(c1cc(Cl)ccc1C)S(C)(=O)=O. The van der Waals surface area contributed by atoms with Crippen molar-refractivity contribution in [2.75, 3.05) is 17.1 Å². The van der Waals surface area contributed by atoms with Crippen LogP contribution < -0.4 is 9.62 Å². The van der Waals surface area contributed by atoms with Crippen molar-refractivity contribution in [3.63, 3.8) is 0 Å². The van der Waals surface area contributed by atoms with Crippen LogP contribution in [0.15, 0.2) is 42.5 Å². The summed E-state index contributed by atoms with van der Waals surface area (Å²) >= 11 is 12.2. The number of aryl methyl sites for hydroxylation is 1. The maximum atomic E-state index is 13.8. The van der Waals surface area contributed by atoms with Gasteiger partial charge < -0.3 is 10.2 Å². The lowest BCUT2D eigenvalue weighted by Crippen LogP contribution is -2.54. The highest BCUT2D eigenvalue weighted by Gasteiger charge is 2.33. The molecule has 10 heteroatoms. The Kier molecular flexibility index (Phi) is 10.3. The number of sulfonamides is 1. The Morgan fingerprint density at radius 1 is 1.03 bits per heavy atom. The zero-order valence-corrected chi connectivity index (χ0v) is 23.9. The number of benzene rings is 2. The van der Waals surface area contributed by atoms with Crippen molar-refractivity contribution >= 4 is 50.7 Å². The Balaban J connectivity index is 1.93. The number of amides is 2. The summed E-state index contributed by atoms with van der Waals surface area (Å²) < 4.78 is 26.7. The Morgan fingerprint density at radius 3 is 2.24 bits per heavy atom. The summed E-state index contributed by atoms with van der Waals surface area (Å²) in [4.78, 5) is 28.7. The molecule has 0 aliphatic heterocycles. The van der Waals surface area contributed by atoms with Crippen LogP contribution in [0.2, 0.25) is 10.0 Å². The first-order valence-electron chi connectivity index (χ1n) is 12.6. The van der Waals surface area contributed by atoms with E-state index >= 15 is 0 Å². The number of rotatable bonds is 10. The molecule has 0 heterocycles. The second kappa shape index (κ2) is 13.0. The van der Waals surface area contributed by atoms with Gasteiger partial charge in [0, 0.05) is 22.6 Å². The van der Waals surface area contributed by atoms with Crippen molar-refractivity contribution in [2.45, 2.75) is 71.0 Å². The molecule has 7 nitrogen and oxygen atoms in total. The number of carbonyl (C=O) groups is 2. The van der Waals surface area contributed by atoms with Gasteiger partial charge in [0.2, 0.25) is 21.8 Å². The molecule has 1 aliphatic rings.